The van der Waals surface area contributed by atoms with Crippen LogP contribution in [0.15, 0.2) is 41.0 Å². The maximum absolute atomic E-state index is 12.2. The van der Waals surface area contributed by atoms with Crippen molar-refractivity contribution in [2.75, 3.05) is 0 Å². The minimum absolute atomic E-state index is 0.0787. The monoisotopic (exact) mass is 401 g/mol. The summed E-state index contributed by atoms with van der Waals surface area (Å²) in [7, 11) is 0. The molecule has 3 aromatic rings. The molecule has 0 aliphatic carbocycles. The van der Waals surface area contributed by atoms with E-state index >= 15 is 0 Å². The van der Waals surface area contributed by atoms with Crippen molar-refractivity contribution in [2.24, 2.45) is 0 Å². The highest BCUT2D eigenvalue weighted by atomic mass is 79.9. The Balaban J connectivity index is 1.70. The molecule has 0 aliphatic rings. The Morgan fingerprint density at radius 1 is 1.16 bits per heavy atom. The average molecular weight is 402 g/mol. The van der Waals surface area contributed by atoms with Crippen molar-refractivity contribution in [3.05, 3.63) is 63.6 Å². The normalized spacial score (nSPS) is 10.9. The fraction of sp³-hybridized carbons (Fsp3) is 0.278. The number of halogens is 1. The van der Waals surface area contributed by atoms with E-state index in [2.05, 4.69) is 31.4 Å². The SMILES string of the molecule is Cc1nn(-c2ccccc2)c(C)c1CNC(=O)Cn1ncc(Br)c1C. The standard InChI is InChI=1S/C18H20BrN5O/c1-12-16(13(2)24(22-12)15-7-5-4-6-8-15)9-20-18(25)11-23-14(3)17(19)10-21-23/h4-8,10H,9,11H2,1-3H3,(H,20,25). The molecule has 7 heteroatoms. The molecular formula is C18H20BrN5O. The zero-order valence-corrected chi connectivity index (χ0v) is 16.0. The molecule has 0 radical (unpaired) electrons. The smallest absolute Gasteiger partial charge is 0.242 e. The van der Waals surface area contributed by atoms with E-state index < -0.39 is 0 Å². The Bertz CT molecular complexity index is 898. The molecule has 0 saturated heterocycles. The molecule has 0 atom stereocenters. The van der Waals surface area contributed by atoms with Gasteiger partial charge in [0.2, 0.25) is 5.91 Å². The minimum Gasteiger partial charge on any atom is -0.350 e. The molecule has 0 aliphatic heterocycles. The highest BCUT2D eigenvalue weighted by Crippen LogP contribution is 2.18. The van der Waals surface area contributed by atoms with Crippen LogP contribution in [-0.2, 0) is 17.9 Å². The van der Waals surface area contributed by atoms with Crippen LogP contribution in [0, 0.1) is 20.8 Å². The van der Waals surface area contributed by atoms with Crippen LogP contribution < -0.4 is 5.32 Å². The number of rotatable bonds is 5. The highest BCUT2D eigenvalue weighted by Gasteiger charge is 2.14. The molecule has 0 fully saturated rings. The molecule has 6 nitrogen and oxygen atoms in total. The molecule has 0 saturated carbocycles. The number of aryl methyl sites for hydroxylation is 1. The summed E-state index contributed by atoms with van der Waals surface area (Å²) in [6, 6.07) is 9.97. The molecule has 2 aromatic heterocycles. The summed E-state index contributed by atoms with van der Waals surface area (Å²) in [5.74, 6) is -0.0787. The van der Waals surface area contributed by atoms with Gasteiger partial charge in [-0.3, -0.25) is 9.48 Å². The maximum atomic E-state index is 12.2. The first kappa shape index (κ1) is 17.4. The second-order valence-electron chi connectivity index (χ2n) is 5.91. The molecule has 0 spiro atoms. The number of para-hydroxylation sites is 1. The summed E-state index contributed by atoms with van der Waals surface area (Å²) in [6.07, 6.45) is 1.70. The van der Waals surface area contributed by atoms with Gasteiger partial charge < -0.3 is 5.32 Å². The third-order valence-electron chi connectivity index (χ3n) is 4.24. The summed E-state index contributed by atoms with van der Waals surface area (Å²) < 4.78 is 4.48. The number of nitrogens with one attached hydrogen (secondary N) is 1. The van der Waals surface area contributed by atoms with E-state index in [1.807, 2.05) is 55.8 Å². The number of carbonyl (C=O) groups excluding carboxylic acids is 1. The quantitative estimate of drug-likeness (QED) is 0.714. The number of hydrogen-bond acceptors (Lipinski definition) is 3. The summed E-state index contributed by atoms with van der Waals surface area (Å²) in [5.41, 5.74) is 4.93. The van der Waals surface area contributed by atoms with Gasteiger partial charge in [0.25, 0.3) is 0 Å². The average Bonchev–Trinajstić information content (AvgIpc) is 3.07. The zero-order valence-electron chi connectivity index (χ0n) is 14.5. The number of hydrogen-bond donors (Lipinski definition) is 1. The van der Waals surface area contributed by atoms with Gasteiger partial charge in [-0.1, -0.05) is 18.2 Å². The first-order valence-corrected chi connectivity index (χ1v) is 8.81. The Morgan fingerprint density at radius 3 is 2.52 bits per heavy atom. The van der Waals surface area contributed by atoms with Crippen LogP contribution in [-0.4, -0.2) is 25.5 Å². The van der Waals surface area contributed by atoms with Crippen LogP contribution in [0.3, 0.4) is 0 Å². The summed E-state index contributed by atoms with van der Waals surface area (Å²) in [4.78, 5) is 12.2. The maximum Gasteiger partial charge on any atom is 0.242 e. The predicted octanol–water partition coefficient (Wildman–Crippen LogP) is 3.07. The summed E-state index contributed by atoms with van der Waals surface area (Å²) in [6.45, 7) is 6.54. The number of amides is 1. The zero-order chi connectivity index (χ0) is 18.0. The van der Waals surface area contributed by atoms with Gasteiger partial charge >= 0.3 is 0 Å². The number of aromatic nitrogens is 4. The Hall–Kier alpha value is -2.41. The molecule has 1 N–H and O–H groups in total. The topological polar surface area (TPSA) is 64.7 Å². The fourth-order valence-electron chi connectivity index (χ4n) is 2.71. The van der Waals surface area contributed by atoms with Crippen molar-refractivity contribution in [1.29, 1.82) is 0 Å². The molecular weight excluding hydrogens is 382 g/mol. The van der Waals surface area contributed by atoms with Crippen LogP contribution in [0.25, 0.3) is 5.69 Å². The van der Waals surface area contributed by atoms with Crippen molar-refractivity contribution in [1.82, 2.24) is 24.9 Å². The van der Waals surface area contributed by atoms with Gasteiger partial charge in [-0.05, 0) is 48.8 Å². The number of nitrogens with zero attached hydrogens (tertiary/aromatic N) is 4. The lowest BCUT2D eigenvalue weighted by Crippen LogP contribution is -2.28. The van der Waals surface area contributed by atoms with Gasteiger partial charge in [0.05, 0.1) is 27.7 Å². The minimum atomic E-state index is -0.0787. The van der Waals surface area contributed by atoms with Gasteiger partial charge in [-0.2, -0.15) is 10.2 Å². The number of carbonyl (C=O) groups is 1. The van der Waals surface area contributed by atoms with Crippen LogP contribution in [0.1, 0.15) is 22.6 Å². The first-order chi connectivity index (χ1) is 12.0. The van der Waals surface area contributed by atoms with Crippen LogP contribution >= 0.6 is 15.9 Å². The predicted molar refractivity (Wildman–Crippen MR) is 99.5 cm³/mol. The lowest BCUT2D eigenvalue weighted by atomic mass is 10.2. The lowest BCUT2D eigenvalue weighted by Gasteiger charge is -2.08. The van der Waals surface area contributed by atoms with E-state index in [-0.39, 0.29) is 12.5 Å². The highest BCUT2D eigenvalue weighted by molar-refractivity contribution is 9.10. The van der Waals surface area contributed by atoms with Gasteiger partial charge in [0, 0.05) is 17.8 Å². The molecule has 130 valence electrons. The second kappa shape index (κ2) is 7.23. The van der Waals surface area contributed by atoms with E-state index in [0.29, 0.717) is 6.54 Å². The van der Waals surface area contributed by atoms with Gasteiger partial charge in [0.15, 0.2) is 0 Å². The Morgan fingerprint density at radius 2 is 1.88 bits per heavy atom. The van der Waals surface area contributed by atoms with Gasteiger partial charge in [-0.15, -0.1) is 0 Å². The third-order valence-corrected chi connectivity index (χ3v) is 5.02. The second-order valence-corrected chi connectivity index (χ2v) is 6.76. The van der Waals surface area contributed by atoms with E-state index in [9.17, 15) is 4.79 Å². The Labute approximate surface area is 155 Å². The van der Waals surface area contributed by atoms with Crippen LogP contribution in [0.4, 0.5) is 0 Å². The van der Waals surface area contributed by atoms with Crippen molar-refractivity contribution >= 4 is 21.8 Å². The van der Waals surface area contributed by atoms with Gasteiger partial charge in [-0.25, -0.2) is 4.68 Å². The fourth-order valence-corrected chi connectivity index (χ4v) is 3.01. The molecule has 3 rings (SSSR count). The Kier molecular flexibility index (Phi) is 5.03. The van der Waals surface area contributed by atoms with Crippen LogP contribution in [0.5, 0.6) is 0 Å². The summed E-state index contributed by atoms with van der Waals surface area (Å²) >= 11 is 3.40. The molecule has 0 bridgehead atoms. The van der Waals surface area contributed by atoms with E-state index in [0.717, 1.165) is 32.8 Å². The first-order valence-electron chi connectivity index (χ1n) is 8.02. The van der Waals surface area contributed by atoms with Gasteiger partial charge in [0.1, 0.15) is 6.54 Å². The largest absolute Gasteiger partial charge is 0.350 e. The van der Waals surface area contributed by atoms with E-state index in [1.165, 1.54) is 0 Å². The molecule has 2 heterocycles. The molecule has 1 aromatic carbocycles. The molecule has 0 unspecified atom stereocenters. The summed E-state index contributed by atoms with van der Waals surface area (Å²) in [5, 5.41) is 11.7. The van der Waals surface area contributed by atoms with Crippen molar-refractivity contribution < 1.29 is 4.79 Å². The molecule has 25 heavy (non-hydrogen) atoms. The van der Waals surface area contributed by atoms with Crippen molar-refractivity contribution in [3.63, 3.8) is 0 Å². The van der Waals surface area contributed by atoms with Crippen molar-refractivity contribution in [2.45, 2.75) is 33.9 Å². The third kappa shape index (κ3) is 3.66. The number of benzene rings is 1. The van der Waals surface area contributed by atoms with Crippen molar-refractivity contribution in [3.8, 4) is 5.69 Å². The van der Waals surface area contributed by atoms with E-state index in [1.54, 1.807) is 10.9 Å². The van der Waals surface area contributed by atoms with E-state index in [4.69, 9.17) is 0 Å². The lowest BCUT2D eigenvalue weighted by molar-refractivity contribution is -0.122. The molecule has 1 amide bonds. The van der Waals surface area contributed by atoms with Crippen LogP contribution in [0.2, 0.25) is 0 Å².